The fourth-order valence-electron chi connectivity index (χ4n) is 1.62. The van der Waals surface area contributed by atoms with Crippen LogP contribution >= 0.6 is 0 Å². The molecule has 0 N–H and O–H groups in total. The van der Waals surface area contributed by atoms with Crippen molar-refractivity contribution in [1.29, 1.82) is 5.26 Å². The minimum absolute atomic E-state index is 0.00756. The van der Waals surface area contributed by atoms with Gasteiger partial charge in [0.25, 0.3) is 0 Å². The summed E-state index contributed by atoms with van der Waals surface area (Å²) in [4.78, 5) is 13.0. The SMILES string of the molecule is COC(=O)C(C)CN(C)c1ccc(C#N)c(F)c1. The summed E-state index contributed by atoms with van der Waals surface area (Å²) in [5, 5.41) is 8.63. The fraction of sp³-hybridized carbons (Fsp3) is 0.385. The molecule has 0 aliphatic heterocycles. The first-order valence-corrected chi connectivity index (χ1v) is 5.48. The fourth-order valence-corrected chi connectivity index (χ4v) is 1.62. The number of benzene rings is 1. The second kappa shape index (κ2) is 6.01. The zero-order valence-corrected chi connectivity index (χ0v) is 10.6. The van der Waals surface area contributed by atoms with Crippen LogP contribution in [0.5, 0.6) is 0 Å². The molecule has 0 bridgehead atoms. The van der Waals surface area contributed by atoms with E-state index in [2.05, 4.69) is 4.74 Å². The number of rotatable bonds is 4. The lowest BCUT2D eigenvalue weighted by molar-refractivity contribution is -0.144. The van der Waals surface area contributed by atoms with Gasteiger partial charge in [0, 0.05) is 19.3 Å². The van der Waals surface area contributed by atoms with Gasteiger partial charge in [-0.1, -0.05) is 6.92 Å². The summed E-state index contributed by atoms with van der Waals surface area (Å²) in [6.45, 7) is 2.15. The highest BCUT2D eigenvalue weighted by molar-refractivity contribution is 5.72. The smallest absolute Gasteiger partial charge is 0.310 e. The molecule has 18 heavy (non-hydrogen) atoms. The number of hydrogen-bond donors (Lipinski definition) is 0. The zero-order chi connectivity index (χ0) is 13.7. The van der Waals surface area contributed by atoms with Crippen LogP contribution < -0.4 is 4.90 Å². The van der Waals surface area contributed by atoms with Crippen LogP contribution in [-0.4, -0.2) is 26.7 Å². The third-order valence-electron chi connectivity index (χ3n) is 2.67. The molecule has 0 heterocycles. The van der Waals surface area contributed by atoms with Crippen LogP contribution in [0.4, 0.5) is 10.1 Å². The van der Waals surface area contributed by atoms with Crippen LogP contribution in [-0.2, 0) is 9.53 Å². The lowest BCUT2D eigenvalue weighted by atomic mass is 10.1. The average molecular weight is 250 g/mol. The average Bonchev–Trinajstić information content (AvgIpc) is 2.37. The molecule has 0 saturated heterocycles. The van der Waals surface area contributed by atoms with E-state index >= 15 is 0 Å². The number of esters is 1. The molecule has 4 nitrogen and oxygen atoms in total. The molecular formula is C13H15FN2O2. The highest BCUT2D eigenvalue weighted by Gasteiger charge is 2.16. The maximum Gasteiger partial charge on any atom is 0.310 e. The van der Waals surface area contributed by atoms with Crippen molar-refractivity contribution in [2.24, 2.45) is 5.92 Å². The van der Waals surface area contributed by atoms with E-state index in [1.54, 1.807) is 31.0 Å². The third-order valence-corrected chi connectivity index (χ3v) is 2.67. The number of methoxy groups -OCH3 is 1. The Morgan fingerprint density at radius 3 is 2.78 bits per heavy atom. The second-order valence-electron chi connectivity index (χ2n) is 4.08. The number of halogens is 1. The van der Waals surface area contributed by atoms with Crippen LogP contribution in [0.25, 0.3) is 0 Å². The Bertz CT molecular complexity index is 482. The van der Waals surface area contributed by atoms with Gasteiger partial charge >= 0.3 is 5.97 Å². The summed E-state index contributed by atoms with van der Waals surface area (Å²) in [5.74, 6) is -1.18. The number of nitriles is 1. The van der Waals surface area contributed by atoms with E-state index in [9.17, 15) is 9.18 Å². The summed E-state index contributed by atoms with van der Waals surface area (Å²) in [5.41, 5.74) is 0.621. The highest BCUT2D eigenvalue weighted by Crippen LogP contribution is 2.18. The number of ether oxygens (including phenoxy) is 1. The van der Waals surface area contributed by atoms with Gasteiger partial charge in [-0.3, -0.25) is 4.79 Å². The van der Waals surface area contributed by atoms with E-state index in [-0.39, 0.29) is 17.5 Å². The predicted molar refractivity (Wildman–Crippen MR) is 65.6 cm³/mol. The number of nitrogens with zero attached hydrogens (tertiary/aromatic N) is 2. The lowest BCUT2D eigenvalue weighted by Crippen LogP contribution is -2.29. The Morgan fingerprint density at radius 1 is 1.61 bits per heavy atom. The Kier molecular flexibility index (Phi) is 4.67. The molecule has 1 unspecified atom stereocenters. The van der Waals surface area contributed by atoms with Gasteiger partial charge in [-0.2, -0.15) is 5.26 Å². The molecule has 0 aromatic heterocycles. The van der Waals surface area contributed by atoms with E-state index in [0.717, 1.165) is 0 Å². The van der Waals surface area contributed by atoms with Crippen molar-refractivity contribution in [2.45, 2.75) is 6.92 Å². The number of hydrogen-bond acceptors (Lipinski definition) is 4. The largest absolute Gasteiger partial charge is 0.469 e. The normalized spacial score (nSPS) is 11.5. The van der Waals surface area contributed by atoms with E-state index in [1.807, 2.05) is 0 Å². The van der Waals surface area contributed by atoms with Gasteiger partial charge < -0.3 is 9.64 Å². The van der Waals surface area contributed by atoms with Crippen molar-refractivity contribution in [2.75, 3.05) is 25.6 Å². The molecule has 5 heteroatoms. The predicted octanol–water partition coefficient (Wildman–Crippen LogP) is 1.94. The summed E-state index contributed by atoms with van der Waals surface area (Å²) in [6.07, 6.45) is 0. The van der Waals surface area contributed by atoms with Crippen molar-refractivity contribution in [1.82, 2.24) is 0 Å². The topological polar surface area (TPSA) is 53.3 Å². The first-order valence-electron chi connectivity index (χ1n) is 5.48. The first-order chi connectivity index (χ1) is 8.49. The summed E-state index contributed by atoms with van der Waals surface area (Å²) >= 11 is 0. The molecule has 96 valence electrons. The van der Waals surface area contributed by atoms with E-state index in [1.165, 1.54) is 19.2 Å². The molecule has 0 aliphatic rings. The standard InChI is InChI=1S/C13H15FN2O2/c1-9(13(17)18-3)8-16(2)11-5-4-10(7-15)12(14)6-11/h4-6,9H,8H2,1-3H3. The minimum atomic E-state index is -0.562. The Labute approximate surface area is 106 Å². The molecule has 1 aromatic rings. The lowest BCUT2D eigenvalue weighted by Gasteiger charge is -2.22. The van der Waals surface area contributed by atoms with Crippen LogP contribution in [0.15, 0.2) is 18.2 Å². The van der Waals surface area contributed by atoms with Crippen molar-refractivity contribution >= 4 is 11.7 Å². The molecule has 0 aliphatic carbocycles. The Morgan fingerprint density at radius 2 is 2.28 bits per heavy atom. The van der Waals surface area contributed by atoms with Gasteiger partial charge in [0.15, 0.2) is 0 Å². The van der Waals surface area contributed by atoms with Gasteiger partial charge in [-0.25, -0.2) is 4.39 Å². The molecular weight excluding hydrogens is 235 g/mol. The third kappa shape index (κ3) is 3.20. The molecule has 0 fully saturated rings. The summed E-state index contributed by atoms with van der Waals surface area (Å²) in [6, 6.07) is 6.11. The number of carbonyl (C=O) groups is 1. The van der Waals surface area contributed by atoms with E-state index in [0.29, 0.717) is 12.2 Å². The molecule has 1 aromatic carbocycles. The monoisotopic (exact) mass is 250 g/mol. The molecule has 0 spiro atoms. The molecule has 1 rings (SSSR count). The quantitative estimate of drug-likeness (QED) is 0.766. The highest BCUT2D eigenvalue weighted by atomic mass is 19.1. The van der Waals surface area contributed by atoms with Gasteiger partial charge in [0.2, 0.25) is 0 Å². The van der Waals surface area contributed by atoms with Crippen molar-refractivity contribution < 1.29 is 13.9 Å². The van der Waals surface area contributed by atoms with Crippen molar-refractivity contribution in [3.05, 3.63) is 29.6 Å². The van der Waals surface area contributed by atoms with E-state index in [4.69, 9.17) is 5.26 Å². The van der Waals surface area contributed by atoms with Gasteiger partial charge in [-0.15, -0.1) is 0 Å². The van der Waals surface area contributed by atoms with Gasteiger partial charge in [0.05, 0.1) is 18.6 Å². The molecule has 0 saturated carbocycles. The van der Waals surface area contributed by atoms with Crippen molar-refractivity contribution in [3.63, 3.8) is 0 Å². The maximum atomic E-state index is 13.4. The van der Waals surface area contributed by atoms with Crippen LogP contribution in [0.2, 0.25) is 0 Å². The molecule has 0 amide bonds. The molecule has 1 atom stereocenters. The zero-order valence-electron chi connectivity index (χ0n) is 10.6. The van der Waals surface area contributed by atoms with E-state index < -0.39 is 5.82 Å². The number of carbonyl (C=O) groups excluding carboxylic acids is 1. The summed E-state index contributed by atoms with van der Waals surface area (Å²) in [7, 11) is 3.08. The first kappa shape index (κ1) is 14.0. The summed E-state index contributed by atoms with van der Waals surface area (Å²) < 4.78 is 18.1. The second-order valence-corrected chi connectivity index (χ2v) is 4.08. The Hall–Kier alpha value is -2.09. The Balaban J connectivity index is 2.79. The number of anilines is 1. The van der Waals surface area contributed by atoms with Crippen molar-refractivity contribution in [3.8, 4) is 6.07 Å². The van der Waals surface area contributed by atoms with Gasteiger partial charge in [0.1, 0.15) is 11.9 Å². The van der Waals surface area contributed by atoms with Gasteiger partial charge in [-0.05, 0) is 18.2 Å². The minimum Gasteiger partial charge on any atom is -0.469 e. The van der Waals surface area contributed by atoms with Crippen LogP contribution in [0, 0.1) is 23.1 Å². The van der Waals surface area contributed by atoms with Crippen LogP contribution in [0.1, 0.15) is 12.5 Å². The maximum absolute atomic E-state index is 13.4. The molecule has 0 radical (unpaired) electrons. The van der Waals surface area contributed by atoms with Crippen LogP contribution in [0.3, 0.4) is 0 Å².